The van der Waals surface area contributed by atoms with E-state index in [4.69, 9.17) is 11.6 Å². The third kappa shape index (κ3) is 4.89. The normalized spacial score (nSPS) is 19.4. The number of rotatable bonds is 7. The lowest BCUT2D eigenvalue weighted by molar-refractivity contribution is -0.118. The molecule has 0 saturated heterocycles. The van der Waals surface area contributed by atoms with Gasteiger partial charge in [-0.2, -0.15) is 0 Å². The molecule has 5 rings (SSSR count). The van der Waals surface area contributed by atoms with Gasteiger partial charge in [-0.15, -0.1) is 0 Å². The van der Waals surface area contributed by atoms with Gasteiger partial charge in [0.15, 0.2) is 0 Å². The molecule has 1 aliphatic carbocycles. The van der Waals surface area contributed by atoms with Crippen LogP contribution in [0.2, 0.25) is 5.02 Å². The number of pyridine rings is 1. The minimum absolute atomic E-state index is 0.00495. The second-order valence-electron chi connectivity index (χ2n) is 8.70. The van der Waals surface area contributed by atoms with Gasteiger partial charge in [0.25, 0.3) is 5.56 Å². The van der Waals surface area contributed by atoms with Gasteiger partial charge in [0.05, 0.1) is 17.3 Å². The van der Waals surface area contributed by atoms with Gasteiger partial charge in [-0.25, -0.2) is 4.39 Å². The number of anilines is 2. The van der Waals surface area contributed by atoms with E-state index in [1.807, 2.05) is 30.3 Å². The Morgan fingerprint density at radius 3 is 2.39 bits per heavy atom. The van der Waals surface area contributed by atoms with E-state index < -0.39 is 29.8 Å². The number of aliphatic hydroxyl groups excluding tert-OH is 1. The van der Waals surface area contributed by atoms with E-state index >= 15 is 0 Å². The maximum atomic E-state index is 14.9. The van der Waals surface area contributed by atoms with Crippen LogP contribution in [0.3, 0.4) is 0 Å². The number of halogens is 2. The van der Waals surface area contributed by atoms with Crippen LogP contribution < -0.4 is 16.2 Å². The van der Waals surface area contributed by atoms with Crippen LogP contribution in [0.5, 0.6) is 0 Å². The van der Waals surface area contributed by atoms with Crippen molar-refractivity contribution in [1.29, 1.82) is 0 Å². The van der Waals surface area contributed by atoms with Gasteiger partial charge >= 0.3 is 0 Å². The highest BCUT2D eigenvalue weighted by molar-refractivity contribution is 6.30. The highest BCUT2D eigenvalue weighted by Crippen LogP contribution is 2.56. The molecular weight excluding hydrogens is 481 g/mol. The lowest BCUT2D eigenvalue weighted by atomic mass is 10.1. The molecule has 3 N–H and O–H groups in total. The van der Waals surface area contributed by atoms with E-state index in [-0.39, 0.29) is 17.2 Å². The Labute approximate surface area is 212 Å². The Bertz CT molecular complexity index is 1440. The largest absolute Gasteiger partial charge is 0.373 e. The number of aliphatic hydroxyl groups is 1. The summed E-state index contributed by atoms with van der Waals surface area (Å²) in [6.45, 7) is 0. The fourth-order valence-corrected chi connectivity index (χ4v) is 4.72. The summed E-state index contributed by atoms with van der Waals surface area (Å²) in [5, 5.41) is 17.2. The van der Waals surface area contributed by atoms with Crippen LogP contribution in [-0.2, 0) is 4.79 Å². The van der Waals surface area contributed by atoms with Crippen molar-refractivity contribution < 1.29 is 14.3 Å². The lowest BCUT2D eigenvalue weighted by Crippen LogP contribution is -2.25. The molecule has 1 unspecified atom stereocenters. The van der Waals surface area contributed by atoms with Gasteiger partial charge in [-0.3, -0.25) is 14.2 Å². The number of aromatic nitrogens is 1. The molecule has 182 valence electrons. The third-order valence-corrected chi connectivity index (χ3v) is 6.65. The maximum absolute atomic E-state index is 14.9. The first-order valence-electron chi connectivity index (χ1n) is 11.5. The second kappa shape index (κ2) is 9.97. The van der Waals surface area contributed by atoms with Crippen molar-refractivity contribution in [2.45, 2.75) is 12.1 Å². The Morgan fingerprint density at radius 2 is 1.69 bits per heavy atom. The van der Waals surface area contributed by atoms with Gasteiger partial charge in [-0.05, 0) is 48.0 Å². The van der Waals surface area contributed by atoms with Crippen molar-refractivity contribution in [3.63, 3.8) is 0 Å². The van der Waals surface area contributed by atoms with E-state index in [9.17, 15) is 19.1 Å². The number of nitrogens with one attached hydrogen (secondary N) is 2. The van der Waals surface area contributed by atoms with Crippen LogP contribution in [0.25, 0.3) is 5.69 Å². The molecule has 3 aromatic carbocycles. The molecular formula is C28H23ClFN3O3. The summed E-state index contributed by atoms with van der Waals surface area (Å²) in [7, 11) is 0. The van der Waals surface area contributed by atoms with Crippen molar-refractivity contribution in [2.75, 3.05) is 10.6 Å². The van der Waals surface area contributed by atoms with Crippen LogP contribution in [0.15, 0.2) is 102 Å². The molecule has 1 saturated carbocycles. The lowest BCUT2D eigenvalue weighted by Gasteiger charge is -2.15. The molecule has 0 aliphatic heterocycles. The Hall–Kier alpha value is -3.94. The first-order valence-corrected chi connectivity index (χ1v) is 11.8. The highest BCUT2D eigenvalue weighted by Gasteiger charge is 2.58. The number of carbonyl (C=O) groups is 1. The average Bonchev–Trinajstić information content (AvgIpc) is 3.64. The molecule has 1 heterocycles. The topological polar surface area (TPSA) is 83.4 Å². The van der Waals surface area contributed by atoms with Crippen molar-refractivity contribution >= 4 is 28.9 Å². The molecule has 1 fully saturated rings. The first-order chi connectivity index (χ1) is 17.4. The van der Waals surface area contributed by atoms with E-state index in [1.54, 1.807) is 48.7 Å². The summed E-state index contributed by atoms with van der Waals surface area (Å²) in [4.78, 5) is 25.3. The fraction of sp³-hybridized carbons (Fsp3) is 0.143. The van der Waals surface area contributed by atoms with Crippen LogP contribution in [0.1, 0.15) is 11.5 Å². The van der Waals surface area contributed by atoms with Gasteiger partial charge in [0, 0.05) is 40.9 Å². The fourth-order valence-electron chi connectivity index (χ4n) is 4.60. The third-order valence-electron chi connectivity index (χ3n) is 6.40. The molecule has 0 bridgehead atoms. The SMILES string of the molecule is O=C(Nc1ccc(-n2ccccc2=O)cc1F)[C@@H]1[C@@H](c2ccccc2)[C@@H]1C(O)Nc1ccc(Cl)cc1. The number of carbonyl (C=O) groups excluding carboxylic acids is 1. The van der Waals surface area contributed by atoms with Crippen LogP contribution in [0.4, 0.5) is 15.8 Å². The van der Waals surface area contributed by atoms with Gasteiger partial charge in [0.2, 0.25) is 5.91 Å². The smallest absolute Gasteiger partial charge is 0.255 e. The average molecular weight is 504 g/mol. The Balaban J connectivity index is 1.35. The quantitative estimate of drug-likeness (QED) is 0.309. The zero-order valence-corrected chi connectivity index (χ0v) is 19.8. The molecule has 1 aliphatic rings. The monoisotopic (exact) mass is 503 g/mol. The van der Waals surface area contributed by atoms with E-state index in [0.717, 1.165) is 5.56 Å². The van der Waals surface area contributed by atoms with Crippen LogP contribution in [0, 0.1) is 17.7 Å². The summed E-state index contributed by atoms with van der Waals surface area (Å²) in [6.07, 6.45) is 0.535. The molecule has 1 aromatic heterocycles. The Morgan fingerprint density at radius 1 is 0.972 bits per heavy atom. The molecule has 0 radical (unpaired) electrons. The summed E-state index contributed by atoms with van der Waals surface area (Å²) in [5.41, 5.74) is 1.65. The zero-order valence-electron chi connectivity index (χ0n) is 19.0. The summed E-state index contributed by atoms with van der Waals surface area (Å²) in [6, 6.07) is 25.2. The molecule has 36 heavy (non-hydrogen) atoms. The van der Waals surface area contributed by atoms with Crippen molar-refractivity contribution in [2.24, 2.45) is 11.8 Å². The number of amides is 1. The van der Waals surface area contributed by atoms with Crippen molar-refractivity contribution in [3.05, 3.63) is 124 Å². The minimum Gasteiger partial charge on any atom is -0.373 e. The van der Waals surface area contributed by atoms with Crippen molar-refractivity contribution in [1.82, 2.24) is 4.57 Å². The van der Waals surface area contributed by atoms with Gasteiger partial charge in [0.1, 0.15) is 12.0 Å². The standard InChI is InChI=1S/C28H23ClFN3O3/c29-18-9-11-19(12-10-18)31-27(35)25-24(17-6-2-1-3-7-17)26(25)28(36)32-22-14-13-20(16-21(22)30)33-15-5-4-8-23(33)34/h1-16,24-27,31,35H,(H,32,36)/t24-,25-,26+,27?/m0/s1. The van der Waals surface area contributed by atoms with Gasteiger partial charge < -0.3 is 15.7 Å². The summed E-state index contributed by atoms with van der Waals surface area (Å²) in [5.74, 6) is -2.29. The maximum Gasteiger partial charge on any atom is 0.255 e. The van der Waals surface area contributed by atoms with Crippen LogP contribution in [-0.4, -0.2) is 21.8 Å². The predicted molar refractivity (Wildman–Crippen MR) is 138 cm³/mol. The first kappa shape index (κ1) is 23.8. The zero-order chi connectivity index (χ0) is 25.2. The number of nitrogens with zero attached hydrogens (tertiary/aromatic N) is 1. The van der Waals surface area contributed by atoms with Crippen molar-refractivity contribution in [3.8, 4) is 5.69 Å². The predicted octanol–water partition coefficient (Wildman–Crippen LogP) is 5.03. The summed E-state index contributed by atoms with van der Waals surface area (Å²) >= 11 is 5.94. The number of hydrogen-bond acceptors (Lipinski definition) is 4. The molecule has 4 aromatic rings. The highest BCUT2D eigenvalue weighted by atomic mass is 35.5. The minimum atomic E-state index is -1.01. The molecule has 6 nitrogen and oxygen atoms in total. The van der Waals surface area contributed by atoms with Crippen LogP contribution >= 0.6 is 11.6 Å². The van der Waals surface area contributed by atoms with E-state index in [0.29, 0.717) is 16.4 Å². The summed E-state index contributed by atoms with van der Waals surface area (Å²) < 4.78 is 16.2. The van der Waals surface area contributed by atoms with Gasteiger partial charge in [-0.1, -0.05) is 48.0 Å². The number of hydrogen-bond donors (Lipinski definition) is 3. The molecule has 8 heteroatoms. The molecule has 1 amide bonds. The van der Waals surface area contributed by atoms with E-state index in [1.165, 1.54) is 22.8 Å². The molecule has 0 spiro atoms. The number of benzene rings is 3. The molecule has 4 atom stereocenters. The van der Waals surface area contributed by atoms with E-state index in [2.05, 4.69) is 10.6 Å². The second-order valence-corrected chi connectivity index (χ2v) is 9.13. The Kier molecular flexibility index (Phi) is 6.59.